The normalized spacial score (nSPS) is 19.4. The number of amides is 5. The summed E-state index contributed by atoms with van der Waals surface area (Å²) < 4.78 is 4.06. The third-order valence-corrected chi connectivity index (χ3v) is 11.9. The first-order valence-electron chi connectivity index (χ1n) is 20.2. The largest absolute Gasteiger partial charge is 1.00 e. The van der Waals surface area contributed by atoms with Crippen LogP contribution in [-0.4, -0.2) is 182 Å². The first-order valence-corrected chi connectivity index (χ1v) is 20.2. The molecule has 2 spiro atoms. The molecule has 56 heavy (non-hydrogen) atoms. The molecule has 0 atom stereocenters. The Morgan fingerprint density at radius 1 is 0.750 bits per heavy atom. The number of nitrogens with zero attached hydrogens (tertiary/aromatic N) is 6. The number of imide groups is 2. The minimum Gasteiger partial charge on any atom is -1.00 e. The molecule has 4 fully saturated rings. The highest BCUT2D eigenvalue weighted by molar-refractivity contribution is 6.12. The molecule has 0 unspecified atom stereocenters. The Bertz CT molecular complexity index is 1270. The summed E-state index contributed by atoms with van der Waals surface area (Å²) in [5.74, 6) is -2.18. The predicted octanol–water partition coefficient (Wildman–Crippen LogP) is -4.58. The zero-order valence-corrected chi connectivity index (χ0v) is 36.7. The molecule has 322 valence electrons. The fourth-order valence-corrected chi connectivity index (χ4v) is 7.36. The first kappa shape index (κ1) is 52.9. The molecule has 0 aliphatic carbocycles. The Morgan fingerprint density at radius 3 is 1.57 bits per heavy atom. The Labute approximate surface area is 348 Å². The van der Waals surface area contributed by atoms with Gasteiger partial charge in [-0.25, -0.2) is 4.79 Å². The molecule has 5 aliphatic heterocycles. The zero-order valence-electron chi connectivity index (χ0n) is 35.2. The number of piperazine rings is 3. The number of carbonyl (C=O) groups excluding carboxylic acids is 6. The zero-order chi connectivity index (χ0) is 40.4. The fourth-order valence-electron chi connectivity index (χ4n) is 7.36. The summed E-state index contributed by atoms with van der Waals surface area (Å²) >= 11 is 0. The molecule has 0 aromatic carbocycles. The van der Waals surface area contributed by atoms with Crippen LogP contribution in [0.15, 0.2) is 24.4 Å². The molecule has 0 saturated carbocycles. The molecule has 5 aliphatic rings. The molecule has 17 heteroatoms. The van der Waals surface area contributed by atoms with Crippen molar-refractivity contribution in [2.24, 2.45) is 0 Å². The van der Waals surface area contributed by atoms with Crippen LogP contribution in [0.4, 0.5) is 0 Å². The van der Waals surface area contributed by atoms with Gasteiger partial charge in [-0.15, -0.1) is 5.06 Å². The fraction of sp³-hybridized carbons (Fsp3) is 0.744. The van der Waals surface area contributed by atoms with E-state index < -0.39 is 17.8 Å². The number of halogens is 2. The van der Waals surface area contributed by atoms with Gasteiger partial charge in [0.1, 0.15) is 26.2 Å². The molecule has 4 saturated heterocycles. The number of rotatable bonds is 11. The summed E-state index contributed by atoms with van der Waals surface area (Å²) in [6.45, 7) is 40.3. The van der Waals surface area contributed by atoms with Gasteiger partial charge in [0.05, 0.1) is 65.4 Å². The standard InChI is InChI=1S/C15H30N4.C9H12N2O3.C8H20N.C7H9NO4.2ClH/c1-15(2)17-5-9-19(10-6-17)13-11-18(12-14-19)7-3-16-4-8-18;1-2-7(12)10-5-6-11-8(13)3-4-9(11)14;1-5-9(6-2,7-3)8-4;1-2-7(11)12-8-5(9)3-4-6(8)10;;/h16H,1,3-14H2,2H3;3-4H,2,5-6H2,1H3,(H,10,12);5-8H2,1-4H3;2-4H2,1H3;2*1H/q+2;;+1;;;/p-2. The maximum atomic E-state index is 11.0. The number of hydroxylamine groups is 2. The Balaban J connectivity index is 0.000000739. The number of allylic oxidation sites excluding steroid dienone is 1. The van der Waals surface area contributed by atoms with E-state index in [0.717, 1.165) is 4.90 Å². The van der Waals surface area contributed by atoms with Crippen LogP contribution >= 0.6 is 0 Å². The lowest BCUT2D eigenvalue weighted by Crippen LogP contribution is -3.00. The molecule has 5 amide bonds. The van der Waals surface area contributed by atoms with E-state index >= 15 is 0 Å². The summed E-state index contributed by atoms with van der Waals surface area (Å²) in [6.07, 6.45) is 3.27. The second-order valence-electron chi connectivity index (χ2n) is 14.8. The van der Waals surface area contributed by atoms with Gasteiger partial charge in [-0.05, 0) is 34.6 Å². The van der Waals surface area contributed by atoms with Crippen molar-refractivity contribution in [3.05, 3.63) is 24.4 Å². The van der Waals surface area contributed by atoms with Gasteiger partial charge < -0.3 is 58.6 Å². The van der Waals surface area contributed by atoms with Crippen molar-refractivity contribution >= 4 is 35.5 Å². The second kappa shape index (κ2) is 26.0. The molecular formula is C39H71Cl2N8O7+. The third kappa shape index (κ3) is 16.0. The van der Waals surface area contributed by atoms with Crippen molar-refractivity contribution in [2.75, 3.05) is 118 Å². The SMILES string of the molecule is C=C(C)N1CC[N+]2(CC1)CC[N+]1(CCNCC1)CC2.CCC(=O)NCCN1C(=O)C=CC1=O.CCC(=O)ON1C(=O)CCC1=O.CC[N+](CC)(CC)CC.[Cl-].[Cl-]. The summed E-state index contributed by atoms with van der Waals surface area (Å²) in [4.78, 5) is 73.4. The molecule has 0 radical (unpaired) electrons. The van der Waals surface area contributed by atoms with Gasteiger partial charge in [0.2, 0.25) is 5.91 Å². The van der Waals surface area contributed by atoms with Gasteiger partial charge in [-0.1, -0.05) is 20.4 Å². The number of quaternary nitrogens is 3. The first-order chi connectivity index (χ1) is 25.7. The van der Waals surface area contributed by atoms with Gasteiger partial charge in [0.25, 0.3) is 23.6 Å². The quantitative estimate of drug-likeness (QED) is 0.155. The van der Waals surface area contributed by atoms with Crippen LogP contribution in [-0.2, 0) is 33.6 Å². The van der Waals surface area contributed by atoms with Crippen molar-refractivity contribution in [3.8, 4) is 0 Å². The lowest BCUT2D eigenvalue weighted by atomic mass is 10.1. The van der Waals surface area contributed by atoms with E-state index in [1.165, 1.54) is 136 Å². The Kier molecular flexibility index (Phi) is 24.6. The Hall–Kier alpha value is -3.08. The second-order valence-corrected chi connectivity index (χ2v) is 14.8. The molecule has 0 bridgehead atoms. The van der Waals surface area contributed by atoms with Crippen molar-refractivity contribution in [3.63, 3.8) is 0 Å². The van der Waals surface area contributed by atoms with E-state index in [-0.39, 0.29) is 68.3 Å². The predicted molar refractivity (Wildman–Crippen MR) is 208 cm³/mol. The van der Waals surface area contributed by atoms with Crippen LogP contribution in [0.3, 0.4) is 0 Å². The Morgan fingerprint density at radius 2 is 1.20 bits per heavy atom. The van der Waals surface area contributed by atoms with Gasteiger partial charge in [0.15, 0.2) is 0 Å². The average Bonchev–Trinajstić information content (AvgIpc) is 3.69. The van der Waals surface area contributed by atoms with Crippen LogP contribution < -0.4 is 35.4 Å². The van der Waals surface area contributed by atoms with Crippen molar-refractivity contribution in [2.45, 2.75) is 74.1 Å². The van der Waals surface area contributed by atoms with E-state index in [4.69, 9.17) is 0 Å². The highest BCUT2D eigenvalue weighted by Crippen LogP contribution is 2.23. The minimum absolute atomic E-state index is 0. The van der Waals surface area contributed by atoms with Crippen molar-refractivity contribution < 1.29 is 71.9 Å². The van der Waals surface area contributed by atoms with Crippen LogP contribution in [0.5, 0.6) is 0 Å². The van der Waals surface area contributed by atoms with Crippen LogP contribution in [0.2, 0.25) is 0 Å². The van der Waals surface area contributed by atoms with Crippen LogP contribution in [0.1, 0.15) is 74.1 Å². The van der Waals surface area contributed by atoms with Gasteiger partial charge in [-0.2, -0.15) is 0 Å². The number of hydrogen-bond donors (Lipinski definition) is 2. The molecule has 5 heterocycles. The summed E-state index contributed by atoms with van der Waals surface area (Å²) in [6, 6.07) is 0. The summed E-state index contributed by atoms with van der Waals surface area (Å²) in [5.41, 5.74) is 1.25. The van der Waals surface area contributed by atoms with Crippen molar-refractivity contribution in [1.29, 1.82) is 0 Å². The van der Waals surface area contributed by atoms with E-state index in [1.807, 2.05) is 0 Å². The van der Waals surface area contributed by atoms with E-state index in [2.05, 4.69) is 61.6 Å². The lowest BCUT2D eigenvalue weighted by molar-refractivity contribution is -1.03. The summed E-state index contributed by atoms with van der Waals surface area (Å²) in [7, 11) is 0. The topological polar surface area (TPSA) is 145 Å². The van der Waals surface area contributed by atoms with E-state index in [1.54, 1.807) is 13.8 Å². The van der Waals surface area contributed by atoms with Crippen molar-refractivity contribution in [1.82, 2.24) is 25.5 Å². The smallest absolute Gasteiger partial charge is 0.332 e. The molecular weight excluding hydrogens is 763 g/mol. The third-order valence-electron chi connectivity index (χ3n) is 11.9. The monoisotopic (exact) mass is 833 g/mol. The highest BCUT2D eigenvalue weighted by Gasteiger charge is 2.44. The van der Waals surface area contributed by atoms with E-state index in [0.29, 0.717) is 18.0 Å². The van der Waals surface area contributed by atoms with Gasteiger partial charge in [0, 0.05) is 69.7 Å². The van der Waals surface area contributed by atoms with E-state index in [9.17, 15) is 28.8 Å². The maximum Gasteiger partial charge on any atom is 0.332 e. The molecule has 5 rings (SSSR count). The molecule has 0 aromatic rings. The van der Waals surface area contributed by atoms with Crippen LogP contribution in [0.25, 0.3) is 0 Å². The number of hydrogen-bond acceptors (Lipinski definition) is 9. The average molecular weight is 835 g/mol. The number of carbonyl (C=O) groups is 6. The van der Waals surface area contributed by atoms with Gasteiger partial charge in [-0.3, -0.25) is 28.9 Å². The maximum absolute atomic E-state index is 11.0. The van der Waals surface area contributed by atoms with Gasteiger partial charge >= 0.3 is 5.97 Å². The highest BCUT2D eigenvalue weighted by atomic mass is 35.5. The molecule has 15 nitrogen and oxygen atoms in total. The van der Waals surface area contributed by atoms with Crippen LogP contribution in [0, 0.1) is 0 Å². The lowest BCUT2D eigenvalue weighted by Gasteiger charge is -2.53. The summed E-state index contributed by atoms with van der Waals surface area (Å²) in [5, 5.41) is 6.64. The number of nitrogens with one attached hydrogen (secondary N) is 2. The molecule has 2 N–H and O–H groups in total. The molecule has 0 aromatic heterocycles. The minimum atomic E-state index is -0.571.